The van der Waals surface area contributed by atoms with Gasteiger partial charge in [-0.2, -0.15) is 0 Å². The number of nitrogens with one attached hydrogen (secondary N) is 1. The first-order valence-electron chi connectivity index (χ1n) is 4.07. The molecule has 11 heavy (non-hydrogen) atoms. The van der Waals surface area contributed by atoms with Crippen LogP contribution in [0.4, 0.5) is 4.79 Å². The fourth-order valence-corrected chi connectivity index (χ4v) is 1.69. The molecule has 1 aliphatic heterocycles. The van der Waals surface area contributed by atoms with Crippen molar-refractivity contribution in [2.45, 2.75) is 18.9 Å². The van der Waals surface area contributed by atoms with Gasteiger partial charge in [0.05, 0.1) is 0 Å². The number of amides is 2. The van der Waals surface area contributed by atoms with E-state index in [1.54, 1.807) is 0 Å². The van der Waals surface area contributed by atoms with Crippen LogP contribution in [0.2, 0.25) is 0 Å². The second kappa shape index (κ2) is 2.57. The molecule has 1 fully saturated rings. The summed E-state index contributed by atoms with van der Waals surface area (Å²) in [6, 6.07) is 0.552. The largest absolute Gasteiger partial charge is 0.336 e. The Morgan fingerprint density at radius 1 is 1.45 bits per heavy atom. The summed E-state index contributed by atoms with van der Waals surface area (Å²) in [6.45, 7) is 1.69. The third kappa shape index (κ3) is 1.11. The highest BCUT2D eigenvalue weighted by Crippen LogP contribution is 2.18. The van der Waals surface area contributed by atoms with Gasteiger partial charge in [-0.25, -0.2) is 4.79 Å². The van der Waals surface area contributed by atoms with Crippen molar-refractivity contribution >= 4 is 6.03 Å². The third-order valence-electron chi connectivity index (χ3n) is 2.31. The molecule has 0 aromatic carbocycles. The molecule has 1 N–H and O–H groups in total. The topological polar surface area (TPSA) is 32.3 Å². The van der Waals surface area contributed by atoms with Crippen LogP contribution in [-0.2, 0) is 0 Å². The van der Waals surface area contributed by atoms with Gasteiger partial charge in [0.1, 0.15) is 0 Å². The summed E-state index contributed by atoms with van der Waals surface area (Å²) in [6.07, 6.45) is 6.37. The molecule has 1 saturated heterocycles. The Hall–Kier alpha value is -0.990. The molecule has 0 aromatic rings. The fourth-order valence-electron chi connectivity index (χ4n) is 1.69. The number of rotatable bonds is 1. The van der Waals surface area contributed by atoms with E-state index in [9.17, 15) is 4.79 Å². The first-order chi connectivity index (χ1) is 5.38. The molecule has 2 amide bonds. The molecule has 0 radical (unpaired) electrons. The van der Waals surface area contributed by atoms with Gasteiger partial charge in [-0.1, -0.05) is 12.2 Å². The molecule has 0 spiro atoms. The number of urea groups is 1. The van der Waals surface area contributed by atoms with Crippen molar-refractivity contribution in [3.05, 3.63) is 12.2 Å². The van der Waals surface area contributed by atoms with Crippen molar-refractivity contribution in [1.29, 1.82) is 0 Å². The lowest BCUT2D eigenvalue weighted by Gasteiger charge is -2.21. The standard InChI is InChI=1S/C8H12N2O/c11-8-9-5-6-10(8)7-3-1-2-4-7/h1-2,7H,3-6H2,(H,9,11). The van der Waals surface area contributed by atoms with Crippen LogP contribution >= 0.6 is 0 Å². The highest BCUT2D eigenvalue weighted by atomic mass is 16.2. The summed E-state index contributed by atoms with van der Waals surface area (Å²) in [4.78, 5) is 13.1. The van der Waals surface area contributed by atoms with Crippen LogP contribution in [0.5, 0.6) is 0 Å². The Kier molecular flexibility index (Phi) is 1.56. The second-order valence-corrected chi connectivity index (χ2v) is 3.02. The maximum atomic E-state index is 11.1. The number of nitrogens with zero attached hydrogens (tertiary/aromatic N) is 1. The number of carbonyl (C=O) groups is 1. The average molecular weight is 152 g/mol. The predicted octanol–water partition coefficient (Wildman–Crippen LogP) is 0.730. The summed E-state index contributed by atoms with van der Waals surface area (Å²) in [7, 11) is 0. The molecule has 0 atom stereocenters. The van der Waals surface area contributed by atoms with Crippen molar-refractivity contribution in [2.75, 3.05) is 13.1 Å². The Labute approximate surface area is 66.1 Å². The quantitative estimate of drug-likeness (QED) is 0.552. The van der Waals surface area contributed by atoms with Crippen molar-refractivity contribution in [2.24, 2.45) is 0 Å². The van der Waals surface area contributed by atoms with Crippen LogP contribution in [0.1, 0.15) is 12.8 Å². The highest BCUT2D eigenvalue weighted by molar-refractivity contribution is 5.76. The summed E-state index contributed by atoms with van der Waals surface area (Å²) in [5.41, 5.74) is 0. The van der Waals surface area contributed by atoms with Gasteiger partial charge in [-0.05, 0) is 12.8 Å². The predicted molar refractivity (Wildman–Crippen MR) is 42.3 cm³/mol. The molecule has 60 valence electrons. The van der Waals surface area contributed by atoms with Crippen molar-refractivity contribution in [1.82, 2.24) is 10.2 Å². The molecular weight excluding hydrogens is 140 g/mol. The van der Waals surface area contributed by atoms with E-state index in [1.807, 2.05) is 4.90 Å². The maximum absolute atomic E-state index is 11.1. The first-order valence-corrected chi connectivity index (χ1v) is 4.07. The van der Waals surface area contributed by atoms with Crippen LogP contribution in [0.15, 0.2) is 12.2 Å². The van der Waals surface area contributed by atoms with E-state index in [2.05, 4.69) is 17.5 Å². The number of carbonyl (C=O) groups excluding carboxylic acids is 1. The second-order valence-electron chi connectivity index (χ2n) is 3.02. The molecule has 3 heteroatoms. The van der Waals surface area contributed by atoms with Gasteiger partial charge < -0.3 is 10.2 Å². The lowest BCUT2D eigenvalue weighted by Crippen LogP contribution is -2.36. The van der Waals surface area contributed by atoms with Gasteiger partial charge in [0.15, 0.2) is 0 Å². The summed E-state index contributed by atoms with van der Waals surface area (Å²) in [5.74, 6) is 0. The Morgan fingerprint density at radius 2 is 2.18 bits per heavy atom. The van der Waals surface area contributed by atoms with E-state index in [4.69, 9.17) is 0 Å². The Morgan fingerprint density at radius 3 is 2.73 bits per heavy atom. The van der Waals surface area contributed by atoms with Crippen molar-refractivity contribution in [3.63, 3.8) is 0 Å². The average Bonchev–Trinajstić information content (AvgIpc) is 2.55. The van der Waals surface area contributed by atoms with Crippen LogP contribution in [0, 0.1) is 0 Å². The van der Waals surface area contributed by atoms with E-state index < -0.39 is 0 Å². The smallest absolute Gasteiger partial charge is 0.317 e. The molecule has 1 heterocycles. The number of hydrogen-bond acceptors (Lipinski definition) is 1. The van der Waals surface area contributed by atoms with Crippen LogP contribution in [0.25, 0.3) is 0 Å². The van der Waals surface area contributed by atoms with E-state index in [0.717, 1.165) is 25.9 Å². The minimum absolute atomic E-state index is 0.110. The molecular formula is C8H12N2O. The molecule has 0 aromatic heterocycles. The lowest BCUT2D eigenvalue weighted by atomic mass is 10.2. The normalized spacial score (nSPS) is 24.7. The van der Waals surface area contributed by atoms with Gasteiger partial charge in [-0.3, -0.25) is 0 Å². The van der Waals surface area contributed by atoms with Crippen LogP contribution in [0.3, 0.4) is 0 Å². The summed E-state index contributed by atoms with van der Waals surface area (Å²) >= 11 is 0. The van der Waals surface area contributed by atoms with Crippen LogP contribution in [-0.4, -0.2) is 30.1 Å². The van der Waals surface area contributed by atoms with Gasteiger partial charge >= 0.3 is 6.03 Å². The van der Waals surface area contributed by atoms with Gasteiger partial charge in [0.2, 0.25) is 0 Å². The van der Waals surface area contributed by atoms with E-state index in [-0.39, 0.29) is 6.03 Å². The van der Waals surface area contributed by atoms with E-state index in [0.29, 0.717) is 6.04 Å². The monoisotopic (exact) mass is 152 g/mol. The molecule has 0 unspecified atom stereocenters. The molecule has 1 aliphatic carbocycles. The van der Waals surface area contributed by atoms with E-state index in [1.165, 1.54) is 0 Å². The Bertz CT molecular complexity index is 192. The lowest BCUT2D eigenvalue weighted by molar-refractivity contribution is 0.200. The van der Waals surface area contributed by atoms with E-state index >= 15 is 0 Å². The highest BCUT2D eigenvalue weighted by Gasteiger charge is 2.27. The number of hydrogen-bond donors (Lipinski definition) is 1. The molecule has 2 aliphatic rings. The Balaban J connectivity index is 1.98. The molecule has 2 rings (SSSR count). The fraction of sp³-hybridized carbons (Fsp3) is 0.625. The zero-order chi connectivity index (χ0) is 7.68. The molecule has 0 saturated carbocycles. The minimum Gasteiger partial charge on any atom is -0.336 e. The SMILES string of the molecule is O=C1NCCN1C1CC=CC1. The zero-order valence-corrected chi connectivity index (χ0v) is 6.42. The summed E-state index contributed by atoms with van der Waals surface area (Å²) in [5, 5.41) is 2.81. The molecule has 0 bridgehead atoms. The minimum atomic E-state index is 0.110. The van der Waals surface area contributed by atoms with Gasteiger partial charge in [0, 0.05) is 19.1 Å². The third-order valence-corrected chi connectivity index (χ3v) is 2.31. The summed E-state index contributed by atoms with van der Waals surface area (Å²) < 4.78 is 0. The zero-order valence-electron chi connectivity index (χ0n) is 6.42. The molecule has 3 nitrogen and oxygen atoms in total. The van der Waals surface area contributed by atoms with Crippen molar-refractivity contribution < 1.29 is 4.79 Å². The maximum Gasteiger partial charge on any atom is 0.317 e. The first kappa shape index (κ1) is 6.70. The van der Waals surface area contributed by atoms with Crippen LogP contribution < -0.4 is 5.32 Å². The van der Waals surface area contributed by atoms with Gasteiger partial charge in [-0.15, -0.1) is 0 Å². The van der Waals surface area contributed by atoms with Gasteiger partial charge in [0.25, 0.3) is 0 Å². The van der Waals surface area contributed by atoms with Crippen molar-refractivity contribution in [3.8, 4) is 0 Å².